The first-order valence-electron chi connectivity index (χ1n) is 3.16. The van der Waals surface area contributed by atoms with Crippen molar-refractivity contribution in [2.45, 2.75) is 26.6 Å². The molecule has 0 aliphatic heterocycles. The lowest BCUT2D eigenvalue weighted by atomic mass is 10.8. The van der Waals surface area contributed by atoms with Gasteiger partial charge in [0.2, 0.25) is 0 Å². The van der Waals surface area contributed by atoms with E-state index in [1.807, 2.05) is 0 Å². The van der Waals surface area contributed by atoms with Gasteiger partial charge in [-0.25, -0.2) is 5.11 Å². The summed E-state index contributed by atoms with van der Waals surface area (Å²) < 4.78 is 14.2. The van der Waals surface area contributed by atoms with E-state index >= 15 is 0 Å². The van der Waals surface area contributed by atoms with E-state index in [1.54, 1.807) is 6.92 Å². The minimum absolute atomic E-state index is 0.464. The molecular formula is C6H13O4. The van der Waals surface area contributed by atoms with Gasteiger partial charge in [-0.2, -0.15) is 0 Å². The van der Waals surface area contributed by atoms with Crippen LogP contribution in [0, 0.1) is 0 Å². The highest BCUT2D eigenvalue weighted by Crippen LogP contribution is 1.98. The standard InChI is InChI=1S/C6H13O4/c1-4-9-6(8-3)10-5(2)7/h5-6H,4H2,1-3H3. The number of methoxy groups -OCH3 is 1. The number of hydrogen-bond acceptors (Lipinski definition) is 3. The second-order valence-electron chi connectivity index (χ2n) is 1.68. The molecule has 0 N–H and O–H groups in total. The molecule has 4 heteroatoms. The molecule has 2 unspecified atom stereocenters. The summed E-state index contributed by atoms with van der Waals surface area (Å²) in [5.74, 6) is 0. The molecule has 2 atom stereocenters. The molecule has 0 saturated heterocycles. The van der Waals surface area contributed by atoms with Gasteiger partial charge in [-0.3, -0.25) is 4.74 Å². The Hall–Kier alpha value is -0.160. The fourth-order valence-corrected chi connectivity index (χ4v) is 0.455. The van der Waals surface area contributed by atoms with Crippen molar-refractivity contribution < 1.29 is 19.3 Å². The summed E-state index contributed by atoms with van der Waals surface area (Å²) in [6.45, 7) is 2.82. The second-order valence-corrected chi connectivity index (χ2v) is 1.68. The molecule has 0 bridgehead atoms. The van der Waals surface area contributed by atoms with Crippen LogP contribution in [0.1, 0.15) is 13.8 Å². The maximum Gasteiger partial charge on any atom is 0.273 e. The predicted molar refractivity (Wildman–Crippen MR) is 33.7 cm³/mol. The smallest absolute Gasteiger partial charge is 0.273 e. The quantitative estimate of drug-likeness (QED) is 0.542. The van der Waals surface area contributed by atoms with E-state index in [1.165, 1.54) is 14.0 Å². The summed E-state index contributed by atoms with van der Waals surface area (Å²) in [5.41, 5.74) is 0. The van der Waals surface area contributed by atoms with Gasteiger partial charge in [-0.05, 0) is 13.8 Å². The molecule has 0 aromatic rings. The average molecular weight is 149 g/mol. The molecule has 0 rings (SSSR count). The Balaban J connectivity index is 3.39. The van der Waals surface area contributed by atoms with Crippen molar-refractivity contribution in [2.75, 3.05) is 13.7 Å². The van der Waals surface area contributed by atoms with Gasteiger partial charge < -0.3 is 9.47 Å². The van der Waals surface area contributed by atoms with Crippen LogP contribution in [0.2, 0.25) is 0 Å². The van der Waals surface area contributed by atoms with Crippen molar-refractivity contribution in [3.8, 4) is 0 Å². The zero-order valence-electron chi connectivity index (χ0n) is 6.49. The van der Waals surface area contributed by atoms with Gasteiger partial charge in [-0.1, -0.05) is 0 Å². The van der Waals surface area contributed by atoms with E-state index in [2.05, 4.69) is 9.47 Å². The summed E-state index contributed by atoms with van der Waals surface area (Å²) in [7, 11) is 1.42. The average Bonchev–Trinajstić information content (AvgIpc) is 1.86. The molecule has 4 nitrogen and oxygen atoms in total. The van der Waals surface area contributed by atoms with Gasteiger partial charge in [0.05, 0.1) is 0 Å². The van der Waals surface area contributed by atoms with Gasteiger partial charge >= 0.3 is 0 Å². The van der Waals surface area contributed by atoms with Crippen LogP contribution in [0.4, 0.5) is 0 Å². The van der Waals surface area contributed by atoms with E-state index in [-0.39, 0.29) is 0 Å². The summed E-state index contributed by atoms with van der Waals surface area (Å²) in [6.07, 6.45) is -1.11. The molecule has 61 valence electrons. The molecule has 0 aromatic carbocycles. The summed E-state index contributed by atoms with van der Waals surface area (Å²) in [6, 6.07) is 0. The van der Waals surface area contributed by atoms with Crippen molar-refractivity contribution in [3.63, 3.8) is 0 Å². The lowest BCUT2D eigenvalue weighted by Crippen LogP contribution is -2.23. The SMILES string of the molecule is CCOC(OC)OC(C)[O]. The van der Waals surface area contributed by atoms with Gasteiger partial charge in [0.25, 0.3) is 6.48 Å². The second kappa shape index (κ2) is 5.61. The molecule has 0 heterocycles. The normalized spacial score (nSPS) is 16.8. The van der Waals surface area contributed by atoms with Crippen LogP contribution in [-0.2, 0) is 19.3 Å². The lowest BCUT2D eigenvalue weighted by molar-refractivity contribution is -0.330. The third kappa shape index (κ3) is 4.69. The summed E-state index contributed by atoms with van der Waals surface area (Å²) in [5, 5.41) is 10.4. The van der Waals surface area contributed by atoms with Crippen molar-refractivity contribution in [3.05, 3.63) is 0 Å². The minimum atomic E-state index is -1.11. The Labute approximate surface area is 60.7 Å². The van der Waals surface area contributed by atoms with Crippen LogP contribution in [-0.4, -0.2) is 26.5 Å². The Morgan fingerprint density at radius 1 is 1.50 bits per heavy atom. The Bertz CT molecular complexity index is 74.1. The van der Waals surface area contributed by atoms with Crippen molar-refractivity contribution in [1.82, 2.24) is 0 Å². The van der Waals surface area contributed by atoms with Crippen LogP contribution in [0.3, 0.4) is 0 Å². The summed E-state index contributed by atoms with van der Waals surface area (Å²) in [4.78, 5) is 0. The van der Waals surface area contributed by atoms with Crippen LogP contribution >= 0.6 is 0 Å². The molecule has 0 fully saturated rings. The van der Waals surface area contributed by atoms with Crippen molar-refractivity contribution in [2.24, 2.45) is 0 Å². The molecule has 1 radical (unpaired) electrons. The first-order valence-corrected chi connectivity index (χ1v) is 3.16. The van der Waals surface area contributed by atoms with Gasteiger partial charge in [0.1, 0.15) is 0 Å². The summed E-state index contributed by atoms with van der Waals surface area (Å²) >= 11 is 0. The fourth-order valence-electron chi connectivity index (χ4n) is 0.455. The van der Waals surface area contributed by atoms with E-state index in [0.717, 1.165) is 0 Å². The van der Waals surface area contributed by atoms with Crippen LogP contribution in [0.25, 0.3) is 0 Å². The maximum absolute atomic E-state index is 10.4. The largest absolute Gasteiger partial charge is 0.333 e. The first kappa shape index (κ1) is 9.84. The van der Waals surface area contributed by atoms with Crippen LogP contribution in [0.5, 0.6) is 0 Å². The Morgan fingerprint density at radius 3 is 2.40 bits per heavy atom. The number of ether oxygens (including phenoxy) is 3. The zero-order chi connectivity index (χ0) is 7.98. The molecule has 0 aromatic heterocycles. The lowest BCUT2D eigenvalue weighted by Gasteiger charge is -2.15. The fraction of sp³-hybridized carbons (Fsp3) is 1.00. The first-order chi connectivity index (χ1) is 4.70. The molecule has 0 saturated carbocycles. The van der Waals surface area contributed by atoms with Crippen LogP contribution in [0.15, 0.2) is 0 Å². The van der Waals surface area contributed by atoms with Crippen molar-refractivity contribution in [1.29, 1.82) is 0 Å². The van der Waals surface area contributed by atoms with E-state index in [0.29, 0.717) is 6.61 Å². The van der Waals surface area contributed by atoms with Gasteiger partial charge in [-0.15, -0.1) is 0 Å². The Morgan fingerprint density at radius 2 is 2.10 bits per heavy atom. The third-order valence-electron chi connectivity index (χ3n) is 0.798. The maximum atomic E-state index is 10.4. The molecule has 10 heavy (non-hydrogen) atoms. The van der Waals surface area contributed by atoms with Gasteiger partial charge in [0, 0.05) is 13.7 Å². The molecule has 0 aliphatic carbocycles. The van der Waals surface area contributed by atoms with E-state index < -0.39 is 12.8 Å². The zero-order valence-corrected chi connectivity index (χ0v) is 6.49. The van der Waals surface area contributed by atoms with Crippen LogP contribution < -0.4 is 0 Å². The van der Waals surface area contributed by atoms with E-state index in [9.17, 15) is 5.11 Å². The highest BCUT2D eigenvalue weighted by molar-refractivity contribution is 4.24. The molecule has 0 spiro atoms. The van der Waals surface area contributed by atoms with Crippen molar-refractivity contribution >= 4 is 0 Å². The van der Waals surface area contributed by atoms with Gasteiger partial charge in [0.15, 0.2) is 6.29 Å². The third-order valence-corrected chi connectivity index (χ3v) is 0.798. The predicted octanol–water partition coefficient (Wildman–Crippen LogP) is 0.746. The number of rotatable bonds is 5. The molecular weight excluding hydrogens is 136 g/mol. The van der Waals surface area contributed by atoms with E-state index in [4.69, 9.17) is 4.74 Å². The molecule has 0 aliphatic rings. The minimum Gasteiger partial charge on any atom is -0.333 e. The molecule has 0 amide bonds. The number of hydrogen-bond donors (Lipinski definition) is 0. The highest BCUT2D eigenvalue weighted by atomic mass is 16.9. The Kier molecular flexibility index (Phi) is 5.52. The topological polar surface area (TPSA) is 47.6 Å². The monoisotopic (exact) mass is 149 g/mol. The highest BCUT2D eigenvalue weighted by Gasteiger charge is 2.09.